The van der Waals surface area contributed by atoms with Gasteiger partial charge in [-0.05, 0) is 49.6 Å². The number of aromatic nitrogens is 3. The number of aliphatic hydroxyl groups is 1. The molecule has 4 aromatic rings. The third-order valence-corrected chi connectivity index (χ3v) is 4.98. The summed E-state index contributed by atoms with van der Waals surface area (Å²) in [5.74, 6) is 0.581. The van der Waals surface area contributed by atoms with Crippen molar-refractivity contribution < 1.29 is 5.11 Å². The number of nitrogens with one attached hydrogen (secondary N) is 2. The van der Waals surface area contributed by atoms with Crippen molar-refractivity contribution in [1.82, 2.24) is 15.0 Å². The van der Waals surface area contributed by atoms with Crippen LogP contribution in [-0.4, -0.2) is 20.1 Å². The highest BCUT2D eigenvalue weighted by Crippen LogP contribution is 2.38. The topological polar surface area (TPSA) is 64.7 Å². The van der Waals surface area contributed by atoms with E-state index in [0.29, 0.717) is 5.82 Å². The zero-order valence-electron chi connectivity index (χ0n) is 14.9. The summed E-state index contributed by atoms with van der Waals surface area (Å²) in [6, 6.07) is 12.1. The largest absolute Gasteiger partial charge is 0.377 e. The van der Waals surface area contributed by atoms with Crippen molar-refractivity contribution in [3.05, 3.63) is 65.1 Å². The fourth-order valence-electron chi connectivity index (χ4n) is 3.83. The molecular weight excluding hydrogens is 310 g/mol. The summed E-state index contributed by atoms with van der Waals surface area (Å²) in [6.07, 6.45) is 3.89. The Labute approximate surface area is 146 Å². The van der Waals surface area contributed by atoms with Crippen LogP contribution >= 0.6 is 0 Å². The number of para-hydroxylation sites is 2. The van der Waals surface area contributed by atoms with Crippen molar-refractivity contribution in [2.45, 2.75) is 39.2 Å². The summed E-state index contributed by atoms with van der Waals surface area (Å²) in [6.45, 7) is 6.11. The van der Waals surface area contributed by atoms with E-state index in [1.165, 1.54) is 11.1 Å². The molecule has 0 spiro atoms. The SMILES string of the molecule is CCCc1cc(C)c2[nH]ccc2c1C(C)(O)c1nc2ccccc2[nH]1. The van der Waals surface area contributed by atoms with Gasteiger partial charge >= 0.3 is 0 Å². The maximum absolute atomic E-state index is 11.6. The van der Waals surface area contributed by atoms with Gasteiger partial charge in [0.05, 0.1) is 11.0 Å². The van der Waals surface area contributed by atoms with Crippen LogP contribution in [-0.2, 0) is 12.0 Å². The highest BCUT2D eigenvalue weighted by Gasteiger charge is 2.33. The zero-order chi connectivity index (χ0) is 17.6. The molecule has 0 radical (unpaired) electrons. The van der Waals surface area contributed by atoms with Crippen molar-refractivity contribution in [2.24, 2.45) is 0 Å². The molecule has 4 rings (SSSR count). The molecule has 0 fully saturated rings. The molecule has 0 aliphatic heterocycles. The number of fused-ring (bicyclic) bond motifs is 2. The Balaban J connectivity index is 1.99. The normalized spacial score (nSPS) is 14.2. The molecule has 2 aromatic heterocycles. The number of H-pyrrole nitrogens is 2. The smallest absolute Gasteiger partial charge is 0.145 e. The summed E-state index contributed by atoms with van der Waals surface area (Å²) in [5.41, 5.74) is 5.00. The minimum Gasteiger partial charge on any atom is -0.377 e. The Morgan fingerprint density at radius 3 is 2.76 bits per heavy atom. The number of hydrogen-bond acceptors (Lipinski definition) is 2. The second-order valence-electron chi connectivity index (χ2n) is 6.92. The lowest BCUT2D eigenvalue weighted by Gasteiger charge is -2.26. The summed E-state index contributed by atoms with van der Waals surface area (Å²) < 4.78 is 0. The van der Waals surface area contributed by atoms with Crippen LogP contribution in [0.15, 0.2) is 42.6 Å². The molecule has 0 amide bonds. The van der Waals surface area contributed by atoms with E-state index in [0.717, 1.165) is 40.3 Å². The van der Waals surface area contributed by atoms with Crippen molar-refractivity contribution in [3.8, 4) is 0 Å². The number of aromatic amines is 2. The van der Waals surface area contributed by atoms with Crippen LogP contribution in [0.2, 0.25) is 0 Å². The predicted molar refractivity (Wildman–Crippen MR) is 102 cm³/mol. The maximum atomic E-state index is 11.6. The van der Waals surface area contributed by atoms with E-state index in [9.17, 15) is 5.11 Å². The molecule has 2 heterocycles. The van der Waals surface area contributed by atoms with Crippen LogP contribution in [0.4, 0.5) is 0 Å². The number of benzene rings is 2. The molecule has 25 heavy (non-hydrogen) atoms. The summed E-state index contributed by atoms with van der Waals surface area (Å²) in [4.78, 5) is 11.3. The second-order valence-corrected chi connectivity index (χ2v) is 6.92. The van der Waals surface area contributed by atoms with E-state index in [1.54, 1.807) is 0 Å². The molecule has 0 bridgehead atoms. The third kappa shape index (κ3) is 2.45. The van der Waals surface area contributed by atoms with E-state index in [4.69, 9.17) is 0 Å². The molecule has 1 atom stereocenters. The van der Waals surface area contributed by atoms with Crippen LogP contribution in [0.5, 0.6) is 0 Å². The molecule has 0 aliphatic rings. The van der Waals surface area contributed by atoms with E-state index in [2.05, 4.69) is 34.9 Å². The summed E-state index contributed by atoms with van der Waals surface area (Å²) in [5, 5.41) is 12.6. The van der Waals surface area contributed by atoms with Crippen LogP contribution in [0.1, 0.15) is 42.8 Å². The fraction of sp³-hybridized carbons (Fsp3) is 0.286. The first-order valence-electron chi connectivity index (χ1n) is 8.80. The number of nitrogens with zero attached hydrogens (tertiary/aromatic N) is 1. The molecule has 0 saturated carbocycles. The predicted octanol–water partition coefficient (Wildman–Crippen LogP) is 4.56. The van der Waals surface area contributed by atoms with Gasteiger partial charge in [-0.1, -0.05) is 31.5 Å². The van der Waals surface area contributed by atoms with Crippen LogP contribution < -0.4 is 0 Å². The van der Waals surface area contributed by atoms with Crippen LogP contribution in [0, 0.1) is 6.92 Å². The van der Waals surface area contributed by atoms with Gasteiger partial charge in [0.1, 0.15) is 11.4 Å². The second kappa shape index (κ2) is 5.74. The van der Waals surface area contributed by atoms with Crippen molar-refractivity contribution in [1.29, 1.82) is 0 Å². The monoisotopic (exact) mass is 333 g/mol. The molecule has 4 heteroatoms. The van der Waals surface area contributed by atoms with Gasteiger partial charge < -0.3 is 15.1 Å². The average molecular weight is 333 g/mol. The molecular formula is C21H23N3O. The highest BCUT2D eigenvalue weighted by molar-refractivity contribution is 5.88. The quantitative estimate of drug-likeness (QED) is 0.512. The molecule has 4 nitrogen and oxygen atoms in total. The third-order valence-electron chi connectivity index (χ3n) is 4.98. The van der Waals surface area contributed by atoms with Crippen molar-refractivity contribution in [2.75, 3.05) is 0 Å². The molecule has 0 aliphatic carbocycles. The number of hydrogen-bond donors (Lipinski definition) is 3. The van der Waals surface area contributed by atoms with Gasteiger partial charge in [0, 0.05) is 22.7 Å². The minimum atomic E-state index is -1.20. The minimum absolute atomic E-state index is 0.581. The van der Waals surface area contributed by atoms with E-state index in [1.807, 2.05) is 43.5 Å². The van der Waals surface area contributed by atoms with E-state index >= 15 is 0 Å². The van der Waals surface area contributed by atoms with E-state index < -0.39 is 5.60 Å². The highest BCUT2D eigenvalue weighted by atomic mass is 16.3. The van der Waals surface area contributed by atoms with Gasteiger partial charge in [-0.2, -0.15) is 0 Å². The molecule has 128 valence electrons. The lowest BCUT2D eigenvalue weighted by molar-refractivity contribution is 0.0941. The first kappa shape index (κ1) is 15.9. The van der Waals surface area contributed by atoms with Gasteiger partial charge in [-0.25, -0.2) is 4.98 Å². The lowest BCUT2D eigenvalue weighted by atomic mass is 9.85. The number of imidazole rings is 1. The number of aryl methyl sites for hydroxylation is 2. The first-order chi connectivity index (χ1) is 12.0. The molecule has 0 saturated heterocycles. The summed E-state index contributed by atoms with van der Waals surface area (Å²) >= 11 is 0. The van der Waals surface area contributed by atoms with Gasteiger partial charge in [-0.3, -0.25) is 0 Å². The first-order valence-corrected chi connectivity index (χ1v) is 8.80. The van der Waals surface area contributed by atoms with Crippen LogP contribution in [0.25, 0.3) is 21.9 Å². The average Bonchev–Trinajstić information content (AvgIpc) is 3.22. The van der Waals surface area contributed by atoms with E-state index in [-0.39, 0.29) is 0 Å². The lowest BCUT2D eigenvalue weighted by Crippen LogP contribution is -2.26. The molecule has 3 N–H and O–H groups in total. The Bertz CT molecular complexity index is 1020. The number of rotatable bonds is 4. The molecule has 1 unspecified atom stereocenters. The van der Waals surface area contributed by atoms with Gasteiger partial charge in [0.25, 0.3) is 0 Å². The van der Waals surface area contributed by atoms with Crippen molar-refractivity contribution >= 4 is 21.9 Å². The van der Waals surface area contributed by atoms with Crippen molar-refractivity contribution in [3.63, 3.8) is 0 Å². The Hall–Kier alpha value is -2.59. The summed E-state index contributed by atoms with van der Waals surface area (Å²) in [7, 11) is 0. The van der Waals surface area contributed by atoms with Gasteiger partial charge in [-0.15, -0.1) is 0 Å². The standard InChI is InChI=1S/C21H23N3O/c1-4-7-14-12-13(2)19-15(10-11-22-19)18(14)21(3,25)20-23-16-8-5-6-9-17(16)24-20/h5-6,8-12,22,25H,4,7H2,1-3H3,(H,23,24). The Morgan fingerprint density at radius 1 is 1.20 bits per heavy atom. The zero-order valence-corrected chi connectivity index (χ0v) is 14.9. The fourth-order valence-corrected chi connectivity index (χ4v) is 3.83. The van der Waals surface area contributed by atoms with Gasteiger partial charge in [0.15, 0.2) is 0 Å². The van der Waals surface area contributed by atoms with Gasteiger partial charge in [0.2, 0.25) is 0 Å². The van der Waals surface area contributed by atoms with Crippen LogP contribution in [0.3, 0.4) is 0 Å². The molecule has 2 aromatic carbocycles. The Morgan fingerprint density at radius 2 is 2.00 bits per heavy atom. The Kier molecular flexibility index (Phi) is 3.65. The maximum Gasteiger partial charge on any atom is 0.145 e.